The molecule has 1 unspecified atom stereocenters. The van der Waals surface area contributed by atoms with Gasteiger partial charge in [-0.2, -0.15) is 0 Å². The molecule has 1 atom stereocenters. The summed E-state index contributed by atoms with van der Waals surface area (Å²) in [5, 5.41) is 12.5. The van der Waals surface area contributed by atoms with Crippen molar-refractivity contribution in [2.75, 3.05) is 13.1 Å². The van der Waals surface area contributed by atoms with E-state index in [9.17, 15) is 5.11 Å². The summed E-state index contributed by atoms with van der Waals surface area (Å²) in [5.74, 6) is 0. The molecule has 0 bridgehead atoms. The first kappa shape index (κ1) is 12.9. The highest BCUT2D eigenvalue weighted by Crippen LogP contribution is 2.01. The first-order valence-electron chi connectivity index (χ1n) is 5.70. The van der Waals surface area contributed by atoms with E-state index in [0.717, 1.165) is 19.5 Å². The van der Waals surface area contributed by atoms with E-state index in [2.05, 4.69) is 12.2 Å². The average molecular weight is 187 g/mol. The van der Waals surface area contributed by atoms with Gasteiger partial charge in [-0.05, 0) is 19.4 Å². The van der Waals surface area contributed by atoms with Crippen molar-refractivity contribution in [2.24, 2.45) is 0 Å². The quantitative estimate of drug-likeness (QED) is 0.543. The fraction of sp³-hybridized carbons (Fsp3) is 1.00. The second-order valence-electron chi connectivity index (χ2n) is 3.68. The largest absolute Gasteiger partial charge is 0.392 e. The van der Waals surface area contributed by atoms with Crippen LogP contribution in [-0.2, 0) is 0 Å². The third-order valence-corrected chi connectivity index (χ3v) is 2.31. The number of hydrogen-bond acceptors (Lipinski definition) is 2. The van der Waals surface area contributed by atoms with Gasteiger partial charge in [-0.25, -0.2) is 0 Å². The maximum Gasteiger partial charge on any atom is 0.0662 e. The summed E-state index contributed by atoms with van der Waals surface area (Å²) >= 11 is 0. The van der Waals surface area contributed by atoms with Gasteiger partial charge in [0.05, 0.1) is 6.10 Å². The van der Waals surface area contributed by atoms with Crippen molar-refractivity contribution in [3.8, 4) is 0 Å². The van der Waals surface area contributed by atoms with E-state index in [1.807, 2.05) is 6.92 Å². The predicted molar refractivity (Wildman–Crippen MR) is 57.9 cm³/mol. The fourth-order valence-electron chi connectivity index (χ4n) is 1.27. The molecule has 80 valence electrons. The Kier molecular flexibility index (Phi) is 9.94. The van der Waals surface area contributed by atoms with E-state index >= 15 is 0 Å². The van der Waals surface area contributed by atoms with Crippen molar-refractivity contribution in [2.45, 2.75) is 58.5 Å². The minimum absolute atomic E-state index is 0.157. The van der Waals surface area contributed by atoms with Gasteiger partial charge < -0.3 is 10.4 Å². The lowest BCUT2D eigenvalue weighted by molar-refractivity contribution is 0.167. The highest BCUT2D eigenvalue weighted by atomic mass is 16.3. The zero-order valence-corrected chi connectivity index (χ0v) is 9.18. The van der Waals surface area contributed by atoms with E-state index in [0.29, 0.717) is 0 Å². The van der Waals surface area contributed by atoms with Gasteiger partial charge in [0.2, 0.25) is 0 Å². The van der Waals surface area contributed by atoms with Crippen LogP contribution in [-0.4, -0.2) is 24.3 Å². The Morgan fingerprint density at radius 3 is 2.38 bits per heavy atom. The van der Waals surface area contributed by atoms with Gasteiger partial charge in [0, 0.05) is 6.54 Å². The normalized spacial score (nSPS) is 13.2. The van der Waals surface area contributed by atoms with Gasteiger partial charge in [0.1, 0.15) is 0 Å². The molecule has 2 N–H and O–H groups in total. The third kappa shape index (κ3) is 9.84. The number of aliphatic hydroxyl groups excluding tert-OH is 1. The Morgan fingerprint density at radius 2 is 1.77 bits per heavy atom. The van der Waals surface area contributed by atoms with Crippen molar-refractivity contribution in [1.29, 1.82) is 0 Å². The number of hydrogen-bond donors (Lipinski definition) is 2. The topological polar surface area (TPSA) is 32.3 Å². The molecule has 0 heterocycles. The number of nitrogens with one attached hydrogen (secondary N) is 1. The maximum absolute atomic E-state index is 9.24. The van der Waals surface area contributed by atoms with Crippen LogP contribution in [0.3, 0.4) is 0 Å². The van der Waals surface area contributed by atoms with Crippen LogP contribution in [0.25, 0.3) is 0 Å². The summed E-state index contributed by atoms with van der Waals surface area (Å²) in [6.45, 7) is 6.05. The summed E-state index contributed by atoms with van der Waals surface area (Å²) in [7, 11) is 0. The molecule has 2 heteroatoms. The minimum Gasteiger partial charge on any atom is -0.392 e. The Labute approximate surface area is 82.7 Å². The lowest BCUT2D eigenvalue weighted by atomic mass is 10.1. The van der Waals surface area contributed by atoms with E-state index < -0.39 is 0 Å². The molecule has 0 radical (unpaired) electrons. The van der Waals surface area contributed by atoms with Crippen LogP contribution >= 0.6 is 0 Å². The SMILES string of the molecule is CCCCCCCNCC(O)CC. The minimum atomic E-state index is -0.157. The lowest BCUT2D eigenvalue weighted by Gasteiger charge is -2.08. The average Bonchev–Trinajstić information content (AvgIpc) is 2.16. The van der Waals surface area contributed by atoms with Gasteiger partial charge in [-0.15, -0.1) is 0 Å². The van der Waals surface area contributed by atoms with Gasteiger partial charge in [-0.3, -0.25) is 0 Å². The molecular weight excluding hydrogens is 162 g/mol. The summed E-state index contributed by atoms with van der Waals surface area (Å²) in [5.41, 5.74) is 0. The Balaban J connectivity index is 2.91. The Morgan fingerprint density at radius 1 is 1.08 bits per heavy atom. The molecule has 0 rings (SSSR count). The molecule has 2 nitrogen and oxygen atoms in total. The van der Waals surface area contributed by atoms with Gasteiger partial charge >= 0.3 is 0 Å². The van der Waals surface area contributed by atoms with E-state index in [1.165, 1.54) is 32.1 Å². The summed E-state index contributed by atoms with van der Waals surface area (Å²) in [6, 6.07) is 0. The van der Waals surface area contributed by atoms with Crippen LogP contribution in [0.1, 0.15) is 52.4 Å². The van der Waals surface area contributed by atoms with Gasteiger partial charge in [0.15, 0.2) is 0 Å². The van der Waals surface area contributed by atoms with Gasteiger partial charge in [-0.1, -0.05) is 39.5 Å². The molecule has 0 aromatic rings. The summed E-state index contributed by atoms with van der Waals surface area (Å²) in [6.07, 6.45) is 7.28. The molecule has 0 aromatic heterocycles. The van der Waals surface area contributed by atoms with Crippen molar-refractivity contribution in [3.05, 3.63) is 0 Å². The van der Waals surface area contributed by atoms with Crippen LogP contribution in [0, 0.1) is 0 Å². The molecule has 0 aliphatic carbocycles. The van der Waals surface area contributed by atoms with Gasteiger partial charge in [0.25, 0.3) is 0 Å². The monoisotopic (exact) mass is 187 g/mol. The summed E-state index contributed by atoms with van der Waals surface area (Å²) < 4.78 is 0. The molecule has 13 heavy (non-hydrogen) atoms. The molecule has 0 spiro atoms. The Hall–Kier alpha value is -0.0800. The van der Waals surface area contributed by atoms with Crippen molar-refractivity contribution < 1.29 is 5.11 Å². The third-order valence-electron chi connectivity index (χ3n) is 2.31. The molecule has 0 aliphatic rings. The molecule has 0 aromatic carbocycles. The molecule has 0 aliphatic heterocycles. The van der Waals surface area contributed by atoms with Crippen molar-refractivity contribution in [3.63, 3.8) is 0 Å². The molecule has 0 amide bonds. The highest BCUT2D eigenvalue weighted by Gasteiger charge is 1.97. The smallest absolute Gasteiger partial charge is 0.0662 e. The number of aliphatic hydroxyl groups is 1. The zero-order chi connectivity index (χ0) is 9.94. The number of rotatable bonds is 9. The van der Waals surface area contributed by atoms with Crippen molar-refractivity contribution in [1.82, 2.24) is 5.32 Å². The lowest BCUT2D eigenvalue weighted by Crippen LogP contribution is -2.26. The molecule has 0 saturated heterocycles. The molecular formula is C11H25NO. The standard InChI is InChI=1S/C11H25NO/c1-3-5-6-7-8-9-12-10-11(13)4-2/h11-13H,3-10H2,1-2H3. The maximum atomic E-state index is 9.24. The second-order valence-corrected chi connectivity index (χ2v) is 3.68. The second kappa shape index (κ2) is 10.0. The van der Waals surface area contributed by atoms with Crippen molar-refractivity contribution >= 4 is 0 Å². The molecule has 0 fully saturated rings. The molecule has 0 saturated carbocycles. The van der Waals surface area contributed by atoms with E-state index in [-0.39, 0.29) is 6.10 Å². The number of unbranched alkanes of at least 4 members (excludes halogenated alkanes) is 4. The van der Waals surface area contributed by atoms with E-state index in [1.54, 1.807) is 0 Å². The van der Waals surface area contributed by atoms with Crippen LogP contribution in [0.5, 0.6) is 0 Å². The first-order valence-corrected chi connectivity index (χ1v) is 5.70. The zero-order valence-electron chi connectivity index (χ0n) is 9.18. The predicted octanol–water partition coefficient (Wildman–Crippen LogP) is 2.32. The summed E-state index contributed by atoms with van der Waals surface area (Å²) in [4.78, 5) is 0. The Bertz CT molecular complexity index is 96.1. The van der Waals surface area contributed by atoms with Crippen LogP contribution < -0.4 is 5.32 Å². The van der Waals surface area contributed by atoms with Crippen LogP contribution in [0.4, 0.5) is 0 Å². The van der Waals surface area contributed by atoms with Crippen LogP contribution in [0.15, 0.2) is 0 Å². The fourth-order valence-corrected chi connectivity index (χ4v) is 1.27. The highest BCUT2D eigenvalue weighted by molar-refractivity contribution is 4.56. The van der Waals surface area contributed by atoms with Crippen LogP contribution in [0.2, 0.25) is 0 Å². The first-order chi connectivity index (χ1) is 6.31. The van der Waals surface area contributed by atoms with E-state index in [4.69, 9.17) is 0 Å².